The number of rotatable bonds is 3. The van der Waals surface area contributed by atoms with E-state index in [-0.39, 0.29) is 29.3 Å². The summed E-state index contributed by atoms with van der Waals surface area (Å²) in [7, 11) is 2.78. The Kier molecular flexibility index (Phi) is 4.30. The van der Waals surface area contributed by atoms with Crippen molar-refractivity contribution in [3.05, 3.63) is 81.6 Å². The van der Waals surface area contributed by atoms with Gasteiger partial charge in [0.1, 0.15) is 16.7 Å². The van der Waals surface area contributed by atoms with Gasteiger partial charge in [0.05, 0.1) is 12.7 Å². The smallest absolute Gasteiger partial charge is 0.340 e. The number of amides is 1. The average molecular weight is 407 g/mol. The molecule has 4 rings (SSSR count). The van der Waals surface area contributed by atoms with Crippen molar-refractivity contribution in [1.82, 2.24) is 4.57 Å². The molecular formula is C22H21N3O5. The van der Waals surface area contributed by atoms with Gasteiger partial charge in [-0.15, -0.1) is 6.58 Å². The lowest BCUT2D eigenvalue weighted by Crippen LogP contribution is -2.52. The average Bonchev–Trinajstić information content (AvgIpc) is 2.95. The van der Waals surface area contributed by atoms with Gasteiger partial charge >= 0.3 is 5.97 Å². The standard InChI is InChI=1S/C22H21N3O5/c1-5-10-25-14-9-7-6-8-13(14)22(21(25)28)16-15(11-12(2)24(3)19(16)26)30-18(23)17(22)20(27)29-4/h5-9,11H,1,10,23H2,2-4H3. The van der Waals surface area contributed by atoms with Gasteiger partial charge in [0.15, 0.2) is 0 Å². The van der Waals surface area contributed by atoms with Gasteiger partial charge in [-0.3, -0.25) is 9.59 Å². The maximum absolute atomic E-state index is 14.0. The number of nitrogens with zero attached hydrogens (tertiary/aromatic N) is 2. The fourth-order valence-electron chi connectivity index (χ4n) is 4.30. The molecule has 3 heterocycles. The number of hydrogen-bond acceptors (Lipinski definition) is 6. The maximum Gasteiger partial charge on any atom is 0.340 e. The number of aryl methyl sites for hydroxylation is 1. The van der Waals surface area contributed by atoms with Crippen LogP contribution in [0.1, 0.15) is 16.8 Å². The van der Waals surface area contributed by atoms with E-state index in [2.05, 4.69) is 6.58 Å². The van der Waals surface area contributed by atoms with Gasteiger partial charge in [-0.1, -0.05) is 24.3 Å². The summed E-state index contributed by atoms with van der Waals surface area (Å²) in [5.74, 6) is -1.46. The Bertz CT molecular complexity index is 1210. The van der Waals surface area contributed by atoms with Crippen molar-refractivity contribution in [1.29, 1.82) is 0 Å². The number of aromatic nitrogens is 1. The Labute approximate surface area is 172 Å². The number of nitrogens with two attached hydrogens (primary N) is 1. The highest BCUT2D eigenvalue weighted by molar-refractivity contribution is 6.18. The number of carbonyl (C=O) groups excluding carboxylic acids is 2. The van der Waals surface area contributed by atoms with E-state index in [1.54, 1.807) is 50.4 Å². The number of para-hydroxylation sites is 1. The lowest BCUT2D eigenvalue weighted by atomic mass is 9.68. The molecule has 2 aliphatic rings. The number of hydrogen-bond donors (Lipinski definition) is 1. The zero-order valence-corrected chi connectivity index (χ0v) is 16.9. The summed E-state index contributed by atoms with van der Waals surface area (Å²) >= 11 is 0. The minimum absolute atomic E-state index is 0.0363. The molecule has 2 aromatic rings. The molecule has 1 amide bonds. The van der Waals surface area contributed by atoms with Crippen LogP contribution in [0, 0.1) is 6.92 Å². The van der Waals surface area contributed by atoms with Crippen LogP contribution in [0.3, 0.4) is 0 Å². The molecule has 2 N–H and O–H groups in total. The molecule has 0 fully saturated rings. The zero-order chi connectivity index (χ0) is 21.8. The monoisotopic (exact) mass is 407 g/mol. The number of ether oxygens (including phenoxy) is 2. The molecule has 0 saturated carbocycles. The second-order valence-corrected chi connectivity index (χ2v) is 7.19. The minimum Gasteiger partial charge on any atom is -0.465 e. The summed E-state index contributed by atoms with van der Waals surface area (Å²) in [6.07, 6.45) is 1.58. The first-order chi connectivity index (χ1) is 14.3. The van der Waals surface area contributed by atoms with Crippen molar-refractivity contribution in [3.63, 3.8) is 0 Å². The highest BCUT2D eigenvalue weighted by atomic mass is 16.5. The van der Waals surface area contributed by atoms with Crippen LogP contribution in [-0.2, 0) is 26.8 Å². The van der Waals surface area contributed by atoms with Crippen molar-refractivity contribution in [2.45, 2.75) is 12.3 Å². The van der Waals surface area contributed by atoms with Gasteiger partial charge in [0, 0.05) is 36.6 Å². The Balaban J connectivity index is 2.23. The van der Waals surface area contributed by atoms with Crippen molar-refractivity contribution in [2.75, 3.05) is 18.6 Å². The first-order valence-electron chi connectivity index (χ1n) is 9.30. The number of pyridine rings is 1. The van der Waals surface area contributed by atoms with E-state index in [1.807, 2.05) is 0 Å². The summed E-state index contributed by atoms with van der Waals surface area (Å²) in [4.78, 5) is 41.8. The molecule has 8 nitrogen and oxygen atoms in total. The van der Waals surface area contributed by atoms with E-state index in [0.717, 1.165) is 0 Å². The number of fused-ring (bicyclic) bond motifs is 4. The molecule has 30 heavy (non-hydrogen) atoms. The van der Waals surface area contributed by atoms with Crippen LogP contribution >= 0.6 is 0 Å². The molecule has 1 aromatic carbocycles. The Hall–Kier alpha value is -3.81. The summed E-state index contributed by atoms with van der Waals surface area (Å²) in [6, 6.07) is 8.61. The van der Waals surface area contributed by atoms with Gasteiger partial charge in [0.25, 0.3) is 5.56 Å². The topological polar surface area (TPSA) is 104 Å². The molecule has 1 aromatic heterocycles. The highest BCUT2D eigenvalue weighted by Gasteiger charge is 2.62. The quantitative estimate of drug-likeness (QED) is 0.607. The highest BCUT2D eigenvalue weighted by Crippen LogP contribution is 2.54. The Morgan fingerprint density at radius 3 is 2.70 bits per heavy atom. The van der Waals surface area contributed by atoms with E-state index < -0.39 is 22.9 Å². The van der Waals surface area contributed by atoms with Crippen LogP contribution in [0.15, 0.2) is 59.2 Å². The molecule has 0 saturated heterocycles. The first-order valence-corrected chi connectivity index (χ1v) is 9.30. The van der Waals surface area contributed by atoms with Crippen LogP contribution in [0.5, 0.6) is 5.75 Å². The lowest BCUT2D eigenvalue weighted by molar-refractivity contribution is -0.138. The Morgan fingerprint density at radius 2 is 2.03 bits per heavy atom. The van der Waals surface area contributed by atoms with Crippen LogP contribution in [0.4, 0.5) is 5.69 Å². The molecule has 1 unspecified atom stereocenters. The third kappa shape index (κ3) is 2.24. The molecule has 8 heteroatoms. The molecule has 0 bridgehead atoms. The van der Waals surface area contributed by atoms with Crippen molar-refractivity contribution >= 4 is 17.6 Å². The Morgan fingerprint density at radius 1 is 1.33 bits per heavy atom. The summed E-state index contributed by atoms with van der Waals surface area (Å²) in [6.45, 7) is 5.65. The van der Waals surface area contributed by atoms with Crippen molar-refractivity contribution in [2.24, 2.45) is 12.8 Å². The SMILES string of the molecule is C=CCN1C(=O)C2(C(C(=O)OC)=C(N)Oc3cc(C)n(C)c(=O)c32)c2ccccc21. The normalized spacial score (nSPS) is 19.4. The molecule has 0 radical (unpaired) electrons. The van der Waals surface area contributed by atoms with Gasteiger partial charge in [-0.25, -0.2) is 4.79 Å². The lowest BCUT2D eigenvalue weighted by Gasteiger charge is -2.35. The molecule has 0 aliphatic carbocycles. The first kappa shape index (κ1) is 19.5. The molecular weight excluding hydrogens is 386 g/mol. The van der Waals surface area contributed by atoms with Crippen molar-refractivity contribution in [3.8, 4) is 5.75 Å². The number of esters is 1. The summed E-state index contributed by atoms with van der Waals surface area (Å²) < 4.78 is 12.0. The second-order valence-electron chi connectivity index (χ2n) is 7.19. The third-order valence-corrected chi connectivity index (χ3v) is 5.72. The van der Waals surface area contributed by atoms with Gasteiger partial charge < -0.3 is 24.7 Å². The van der Waals surface area contributed by atoms with Crippen LogP contribution in [0.2, 0.25) is 0 Å². The van der Waals surface area contributed by atoms with Crippen molar-refractivity contribution < 1.29 is 19.1 Å². The van der Waals surface area contributed by atoms with Crippen LogP contribution in [0.25, 0.3) is 0 Å². The minimum atomic E-state index is -1.78. The molecule has 1 atom stereocenters. The van der Waals surface area contributed by atoms with Crippen LogP contribution < -0.4 is 20.9 Å². The predicted octanol–water partition coefficient (Wildman–Crippen LogP) is 1.25. The largest absolute Gasteiger partial charge is 0.465 e. The van der Waals surface area contributed by atoms with E-state index in [9.17, 15) is 14.4 Å². The number of carbonyl (C=O) groups is 2. The zero-order valence-electron chi connectivity index (χ0n) is 16.9. The third-order valence-electron chi connectivity index (χ3n) is 5.72. The summed E-state index contributed by atoms with van der Waals surface area (Å²) in [5.41, 5.74) is 5.39. The van der Waals surface area contributed by atoms with E-state index >= 15 is 0 Å². The van der Waals surface area contributed by atoms with Gasteiger partial charge in [-0.05, 0) is 13.0 Å². The second kappa shape index (κ2) is 6.62. The number of methoxy groups -OCH3 is 1. The fraction of sp³-hybridized carbons (Fsp3) is 0.227. The van der Waals surface area contributed by atoms with Crippen LogP contribution in [-0.4, -0.2) is 30.1 Å². The predicted molar refractivity (Wildman–Crippen MR) is 110 cm³/mol. The van der Waals surface area contributed by atoms with Gasteiger partial charge in [-0.2, -0.15) is 0 Å². The summed E-state index contributed by atoms with van der Waals surface area (Å²) in [5, 5.41) is 0. The molecule has 2 aliphatic heterocycles. The van der Waals surface area contributed by atoms with E-state index in [1.165, 1.54) is 16.6 Å². The van der Waals surface area contributed by atoms with E-state index in [4.69, 9.17) is 15.2 Å². The fourth-order valence-corrected chi connectivity index (χ4v) is 4.30. The van der Waals surface area contributed by atoms with E-state index in [0.29, 0.717) is 16.9 Å². The number of anilines is 1. The molecule has 154 valence electrons. The number of benzene rings is 1. The molecule has 1 spiro atoms. The van der Waals surface area contributed by atoms with Gasteiger partial charge in [0.2, 0.25) is 11.8 Å². The maximum atomic E-state index is 14.0.